The number of rotatable bonds is 4. The number of ether oxygens (including phenoxy) is 1. The highest BCUT2D eigenvalue weighted by Gasteiger charge is 2.48. The second-order valence-corrected chi connectivity index (χ2v) is 7.42. The van der Waals surface area contributed by atoms with Crippen molar-refractivity contribution in [3.63, 3.8) is 0 Å². The van der Waals surface area contributed by atoms with Crippen molar-refractivity contribution in [2.24, 2.45) is 5.41 Å². The Morgan fingerprint density at radius 2 is 2.22 bits per heavy atom. The molecule has 2 atom stereocenters. The molecule has 1 N–H and O–H groups in total. The van der Waals surface area contributed by atoms with Gasteiger partial charge in [-0.15, -0.1) is 0 Å². The minimum Gasteiger partial charge on any atom is -0.381 e. The highest BCUT2D eigenvalue weighted by atomic mass is 127. The van der Waals surface area contributed by atoms with E-state index in [-0.39, 0.29) is 5.41 Å². The SMILES string of the molecule is CCOC1CC(Nc2ccc(I)cc2Br)C1(C)C. The molecular weight excluding hydrogens is 405 g/mol. The van der Waals surface area contributed by atoms with Crippen LogP contribution in [0.5, 0.6) is 0 Å². The van der Waals surface area contributed by atoms with Crippen LogP contribution < -0.4 is 5.32 Å². The van der Waals surface area contributed by atoms with Gasteiger partial charge in [-0.25, -0.2) is 0 Å². The van der Waals surface area contributed by atoms with Crippen LogP contribution in [-0.4, -0.2) is 18.8 Å². The third-order valence-electron chi connectivity index (χ3n) is 3.81. The molecule has 4 heteroatoms. The second kappa shape index (κ2) is 5.67. The third-order valence-corrected chi connectivity index (χ3v) is 5.13. The van der Waals surface area contributed by atoms with Gasteiger partial charge in [0.2, 0.25) is 0 Å². The lowest BCUT2D eigenvalue weighted by atomic mass is 9.64. The van der Waals surface area contributed by atoms with Gasteiger partial charge >= 0.3 is 0 Å². The predicted molar refractivity (Wildman–Crippen MR) is 88.1 cm³/mol. The van der Waals surface area contributed by atoms with E-state index in [2.05, 4.69) is 82.8 Å². The molecule has 1 aliphatic carbocycles. The topological polar surface area (TPSA) is 21.3 Å². The molecule has 100 valence electrons. The number of anilines is 1. The zero-order valence-corrected chi connectivity index (χ0v) is 14.7. The van der Waals surface area contributed by atoms with Gasteiger partial charge in [-0.3, -0.25) is 0 Å². The van der Waals surface area contributed by atoms with Crippen LogP contribution in [0.4, 0.5) is 5.69 Å². The van der Waals surface area contributed by atoms with E-state index in [9.17, 15) is 0 Å². The standard InChI is InChI=1S/C14H19BrINO/c1-4-18-13-8-12(14(13,2)3)17-11-6-5-9(16)7-10(11)15/h5-7,12-13,17H,4,8H2,1-3H3. The molecular formula is C14H19BrINO. The summed E-state index contributed by atoms with van der Waals surface area (Å²) in [6.07, 6.45) is 1.46. The Kier molecular flexibility index (Phi) is 4.60. The summed E-state index contributed by atoms with van der Waals surface area (Å²) >= 11 is 5.94. The average Bonchev–Trinajstić information content (AvgIpc) is 2.30. The normalized spacial score (nSPS) is 25.6. The van der Waals surface area contributed by atoms with E-state index in [0.717, 1.165) is 17.5 Å². The summed E-state index contributed by atoms with van der Waals surface area (Å²) in [4.78, 5) is 0. The van der Waals surface area contributed by atoms with Gasteiger partial charge in [-0.1, -0.05) is 13.8 Å². The quantitative estimate of drug-likeness (QED) is 0.710. The summed E-state index contributed by atoms with van der Waals surface area (Å²) in [5.41, 5.74) is 1.36. The number of hydrogen-bond acceptors (Lipinski definition) is 2. The highest BCUT2D eigenvalue weighted by Crippen LogP contribution is 2.45. The fourth-order valence-corrected chi connectivity index (χ4v) is 3.82. The van der Waals surface area contributed by atoms with Gasteiger partial charge in [0.25, 0.3) is 0 Å². The Morgan fingerprint density at radius 3 is 2.78 bits per heavy atom. The van der Waals surface area contributed by atoms with E-state index in [4.69, 9.17) is 4.74 Å². The van der Waals surface area contributed by atoms with Gasteiger partial charge in [0.05, 0.1) is 6.10 Å². The van der Waals surface area contributed by atoms with Crippen LogP contribution in [0.15, 0.2) is 22.7 Å². The Hall–Kier alpha value is 0.190. The van der Waals surface area contributed by atoms with Crippen LogP contribution in [0.25, 0.3) is 0 Å². The second-order valence-electron chi connectivity index (χ2n) is 5.32. The molecule has 0 saturated heterocycles. The molecule has 0 aliphatic heterocycles. The van der Waals surface area contributed by atoms with E-state index < -0.39 is 0 Å². The van der Waals surface area contributed by atoms with Gasteiger partial charge in [-0.2, -0.15) is 0 Å². The Balaban J connectivity index is 2.03. The van der Waals surface area contributed by atoms with Crippen LogP contribution in [0, 0.1) is 8.99 Å². The van der Waals surface area contributed by atoms with Crippen LogP contribution >= 0.6 is 38.5 Å². The lowest BCUT2D eigenvalue weighted by Gasteiger charge is -2.52. The van der Waals surface area contributed by atoms with E-state index in [1.54, 1.807) is 0 Å². The molecule has 2 nitrogen and oxygen atoms in total. The summed E-state index contributed by atoms with van der Waals surface area (Å²) in [6.45, 7) is 7.41. The molecule has 0 spiro atoms. The van der Waals surface area contributed by atoms with Crippen molar-refractivity contribution in [2.75, 3.05) is 11.9 Å². The summed E-state index contributed by atoms with van der Waals surface area (Å²) in [5.74, 6) is 0. The molecule has 18 heavy (non-hydrogen) atoms. The van der Waals surface area contributed by atoms with Crippen molar-refractivity contribution < 1.29 is 4.74 Å². The van der Waals surface area contributed by atoms with Crippen LogP contribution in [0.3, 0.4) is 0 Å². The first kappa shape index (κ1) is 14.6. The lowest BCUT2D eigenvalue weighted by Crippen LogP contribution is -2.58. The Morgan fingerprint density at radius 1 is 1.50 bits per heavy atom. The molecule has 2 rings (SSSR count). The van der Waals surface area contributed by atoms with Crippen molar-refractivity contribution in [3.05, 3.63) is 26.2 Å². The Labute approximate surface area is 131 Å². The maximum atomic E-state index is 5.76. The van der Waals surface area contributed by atoms with Crippen molar-refractivity contribution in [2.45, 2.75) is 39.3 Å². The molecule has 0 radical (unpaired) electrons. The molecule has 0 bridgehead atoms. The summed E-state index contributed by atoms with van der Waals surface area (Å²) < 4.78 is 8.13. The van der Waals surface area contributed by atoms with Crippen LogP contribution in [0.2, 0.25) is 0 Å². The zero-order valence-electron chi connectivity index (χ0n) is 11.0. The number of hydrogen-bond donors (Lipinski definition) is 1. The van der Waals surface area contributed by atoms with E-state index in [1.165, 1.54) is 9.26 Å². The predicted octanol–water partition coefficient (Wildman–Crippen LogP) is 4.67. The highest BCUT2D eigenvalue weighted by molar-refractivity contribution is 14.1. The molecule has 1 aliphatic rings. The molecule has 0 heterocycles. The average molecular weight is 424 g/mol. The first-order valence-electron chi connectivity index (χ1n) is 6.28. The number of halogens is 2. The van der Waals surface area contributed by atoms with Gasteiger partial charge in [-0.05, 0) is 70.1 Å². The van der Waals surface area contributed by atoms with Gasteiger partial charge in [0, 0.05) is 31.8 Å². The summed E-state index contributed by atoms with van der Waals surface area (Å²) in [7, 11) is 0. The van der Waals surface area contributed by atoms with Crippen molar-refractivity contribution >= 4 is 44.2 Å². The first-order valence-corrected chi connectivity index (χ1v) is 8.15. The van der Waals surface area contributed by atoms with E-state index in [0.29, 0.717) is 12.1 Å². The molecule has 0 aromatic heterocycles. The third kappa shape index (κ3) is 2.85. The zero-order chi connectivity index (χ0) is 13.3. The molecule has 1 fully saturated rings. The van der Waals surface area contributed by atoms with Gasteiger partial charge < -0.3 is 10.1 Å². The molecule has 1 saturated carbocycles. The minimum atomic E-state index is 0.193. The number of benzene rings is 1. The number of nitrogens with one attached hydrogen (secondary N) is 1. The maximum absolute atomic E-state index is 5.76. The van der Waals surface area contributed by atoms with Crippen LogP contribution in [-0.2, 0) is 4.74 Å². The minimum absolute atomic E-state index is 0.193. The van der Waals surface area contributed by atoms with Gasteiger partial charge in [0.1, 0.15) is 0 Å². The maximum Gasteiger partial charge on any atom is 0.0665 e. The smallest absolute Gasteiger partial charge is 0.0665 e. The molecule has 2 unspecified atom stereocenters. The summed E-state index contributed by atoms with van der Waals surface area (Å²) in [5, 5.41) is 3.62. The fourth-order valence-electron chi connectivity index (χ4n) is 2.41. The molecule has 1 aromatic carbocycles. The lowest BCUT2D eigenvalue weighted by molar-refractivity contribution is -0.0976. The van der Waals surface area contributed by atoms with E-state index >= 15 is 0 Å². The van der Waals surface area contributed by atoms with Crippen LogP contribution in [0.1, 0.15) is 27.2 Å². The van der Waals surface area contributed by atoms with Crippen molar-refractivity contribution in [1.82, 2.24) is 0 Å². The largest absolute Gasteiger partial charge is 0.381 e. The first-order chi connectivity index (χ1) is 8.45. The van der Waals surface area contributed by atoms with E-state index in [1.807, 2.05) is 0 Å². The molecule has 0 amide bonds. The summed E-state index contributed by atoms with van der Waals surface area (Å²) in [6, 6.07) is 6.87. The van der Waals surface area contributed by atoms with Crippen molar-refractivity contribution in [1.29, 1.82) is 0 Å². The fraction of sp³-hybridized carbons (Fsp3) is 0.571. The molecule has 1 aromatic rings. The van der Waals surface area contributed by atoms with Gasteiger partial charge in [0.15, 0.2) is 0 Å². The Bertz CT molecular complexity index is 436. The monoisotopic (exact) mass is 423 g/mol. The van der Waals surface area contributed by atoms with Crippen molar-refractivity contribution in [3.8, 4) is 0 Å².